The fourth-order valence-corrected chi connectivity index (χ4v) is 2.24. The van der Waals surface area contributed by atoms with Gasteiger partial charge in [-0.15, -0.1) is 0 Å². The summed E-state index contributed by atoms with van der Waals surface area (Å²) in [7, 11) is 0. The SMILES string of the molecule is CCOC=O.O=C1CCCC1c1ccccc1Cl. The van der Waals surface area contributed by atoms with Gasteiger partial charge in [-0.2, -0.15) is 0 Å². The number of benzene rings is 1. The Balaban J connectivity index is 0.000000280. The number of carbonyl (C=O) groups is 2. The lowest BCUT2D eigenvalue weighted by Crippen LogP contribution is -2.04. The first-order valence-electron chi connectivity index (χ1n) is 6.03. The van der Waals surface area contributed by atoms with Gasteiger partial charge in [0.25, 0.3) is 6.47 Å². The number of halogens is 1. The summed E-state index contributed by atoms with van der Waals surface area (Å²) >= 11 is 6.02. The maximum Gasteiger partial charge on any atom is 0.293 e. The van der Waals surface area contributed by atoms with Gasteiger partial charge < -0.3 is 4.74 Å². The van der Waals surface area contributed by atoms with Crippen LogP contribution in [0, 0.1) is 0 Å². The summed E-state index contributed by atoms with van der Waals surface area (Å²) < 4.78 is 4.15. The average molecular weight is 269 g/mol. The molecular weight excluding hydrogens is 252 g/mol. The van der Waals surface area contributed by atoms with Crippen molar-refractivity contribution in [3.63, 3.8) is 0 Å². The maximum atomic E-state index is 11.5. The first kappa shape index (κ1) is 14.7. The number of carbonyl (C=O) groups excluding carboxylic acids is 2. The van der Waals surface area contributed by atoms with E-state index in [1.165, 1.54) is 0 Å². The summed E-state index contributed by atoms with van der Waals surface area (Å²) in [4.78, 5) is 20.7. The van der Waals surface area contributed by atoms with Gasteiger partial charge in [-0.25, -0.2) is 0 Å². The number of ether oxygens (including phenoxy) is 1. The van der Waals surface area contributed by atoms with E-state index in [1.54, 1.807) is 6.92 Å². The minimum Gasteiger partial charge on any atom is -0.468 e. The monoisotopic (exact) mass is 268 g/mol. The zero-order valence-electron chi connectivity index (χ0n) is 10.4. The number of Topliss-reactive ketones (excluding diaryl/α,β-unsaturated/α-hetero) is 1. The van der Waals surface area contributed by atoms with E-state index >= 15 is 0 Å². The van der Waals surface area contributed by atoms with Crippen LogP contribution in [0.1, 0.15) is 37.7 Å². The Hall–Kier alpha value is -1.35. The molecule has 1 saturated carbocycles. The summed E-state index contributed by atoms with van der Waals surface area (Å²) in [6, 6.07) is 7.64. The molecule has 3 nitrogen and oxygen atoms in total. The normalized spacial score (nSPS) is 17.9. The van der Waals surface area contributed by atoms with Gasteiger partial charge in [0.15, 0.2) is 0 Å². The van der Waals surface area contributed by atoms with Crippen molar-refractivity contribution in [3.05, 3.63) is 34.9 Å². The summed E-state index contributed by atoms with van der Waals surface area (Å²) in [6.07, 6.45) is 2.69. The highest BCUT2D eigenvalue weighted by Gasteiger charge is 2.27. The summed E-state index contributed by atoms with van der Waals surface area (Å²) in [5.41, 5.74) is 1.01. The topological polar surface area (TPSA) is 43.4 Å². The second-order valence-electron chi connectivity index (χ2n) is 3.98. The van der Waals surface area contributed by atoms with E-state index in [-0.39, 0.29) is 5.92 Å². The van der Waals surface area contributed by atoms with E-state index < -0.39 is 0 Å². The Morgan fingerprint density at radius 2 is 2.17 bits per heavy atom. The summed E-state index contributed by atoms with van der Waals surface area (Å²) in [6.45, 7) is 2.66. The average Bonchev–Trinajstić information content (AvgIpc) is 2.78. The molecule has 1 aromatic rings. The zero-order chi connectivity index (χ0) is 13.4. The lowest BCUT2D eigenvalue weighted by Gasteiger charge is -2.09. The third-order valence-corrected chi connectivity index (χ3v) is 3.16. The molecule has 4 heteroatoms. The summed E-state index contributed by atoms with van der Waals surface area (Å²) in [5, 5.41) is 0.725. The van der Waals surface area contributed by atoms with E-state index in [4.69, 9.17) is 11.6 Å². The molecule has 1 aromatic carbocycles. The molecule has 0 saturated heterocycles. The van der Waals surface area contributed by atoms with Crippen molar-refractivity contribution >= 4 is 23.9 Å². The molecule has 0 N–H and O–H groups in total. The first-order valence-corrected chi connectivity index (χ1v) is 6.40. The predicted octanol–water partition coefficient (Wildman–Crippen LogP) is 3.36. The molecule has 18 heavy (non-hydrogen) atoms. The quantitative estimate of drug-likeness (QED) is 0.790. The van der Waals surface area contributed by atoms with Crippen LogP contribution in [-0.4, -0.2) is 18.9 Å². The molecule has 0 bridgehead atoms. The number of hydrogen-bond donors (Lipinski definition) is 0. The second kappa shape index (κ2) is 7.88. The molecule has 0 heterocycles. The molecule has 0 spiro atoms. The van der Waals surface area contributed by atoms with Crippen molar-refractivity contribution in [2.45, 2.75) is 32.1 Å². The number of rotatable bonds is 3. The molecule has 0 aromatic heterocycles. The molecule has 1 fully saturated rings. The second-order valence-corrected chi connectivity index (χ2v) is 4.39. The van der Waals surface area contributed by atoms with E-state index in [0.29, 0.717) is 18.9 Å². The highest BCUT2D eigenvalue weighted by atomic mass is 35.5. The van der Waals surface area contributed by atoms with Crippen LogP contribution in [0.3, 0.4) is 0 Å². The van der Waals surface area contributed by atoms with Gasteiger partial charge in [0, 0.05) is 17.4 Å². The largest absolute Gasteiger partial charge is 0.468 e. The van der Waals surface area contributed by atoms with Crippen LogP contribution in [-0.2, 0) is 14.3 Å². The Labute approximate surface area is 112 Å². The first-order chi connectivity index (χ1) is 8.70. The minimum atomic E-state index is 0.0636. The lowest BCUT2D eigenvalue weighted by molar-refractivity contribution is -0.128. The molecule has 2 rings (SSSR count). The minimum absolute atomic E-state index is 0.0636. The van der Waals surface area contributed by atoms with Crippen LogP contribution >= 0.6 is 11.6 Å². The molecule has 0 radical (unpaired) electrons. The van der Waals surface area contributed by atoms with Crippen molar-refractivity contribution < 1.29 is 14.3 Å². The van der Waals surface area contributed by atoms with Crippen LogP contribution in [0.2, 0.25) is 5.02 Å². The Kier molecular flexibility index (Phi) is 6.44. The fraction of sp³-hybridized carbons (Fsp3) is 0.429. The van der Waals surface area contributed by atoms with Crippen LogP contribution in [0.15, 0.2) is 24.3 Å². The van der Waals surface area contributed by atoms with E-state index in [0.717, 1.165) is 29.8 Å². The van der Waals surface area contributed by atoms with Gasteiger partial charge in [0.2, 0.25) is 0 Å². The number of ketones is 1. The van der Waals surface area contributed by atoms with Crippen molar-refractivity contribution in [1.29, 1.82) is 0 Å². The van der Waals surface area contributed by atoms with Gasteiger partial charge in [-0.3, -0.25) is 9.59 Å². The number of hydrogen-bond acceptors (Lipinski definition) is 3. The zero-order valence-corrected chi connectivity index (χ0v) is 11.2. The van der Waals surface area contributed by atoms with Gasteiger partial charge in [-0.05, 0) is 31.4 Å². The standard InChI is InChI=1S/C11H11ClO.C3H6O2/c12-10-6-2-1-4-8(10)9-5-3-7-11(9)13;1-2-5-3-4/h1-2,4,6,9H,3,5,7H2;3H,2H2,1H3. The molecule has 1 unspecified atom stereocenters. The smallest absolute Gasteiger partial charge is 0.293 e. The van der Waals surface area contributed by atoms with Crippen molar-refractivity contribution in [2.24, 2.45) is 0 Å². The molecule has 1 atom stereocenters. The van der Waals surface area contributed by atoms with Gasteiger partial charge in [0.1, 0.15) is 5.78 Å². The fourth-order valence-electron chi connectivity index (χ4n) is 1.97. The Morgan fingerprint density at radius 1 is 1.44 bits per heavy atom. The van der Waals surface area contributed by atoms with Crippen LogP contribution in [0.25, 0.3) is 0 Å². The van der Waals surface area contributed by atoms with Crippen molar-refractivity contribution in [1.82, 2.24) is 0 Å². The molecule has 1 aliphatic rings. The van der Waals surface area contributed by atoms with Gasteiger partial charge in [0.05, 0.1) is 6.61 Å². The summed E-state index contributed by atoms with van der Waals surface area (Å²) in [5.74, 6) is 0.404. The van der Waals surface area contributed by atoms with Crippen molar-refractivity contribution in [3.8, 4) is 0 Å². The van der Waals surface area contributed by atoms with Gasteiger partial charge in [-0.1, -0.05) is 29.8 Å². The van der Waals surface area contributed by atoms with Crippen LogP contribution in [0.5, 0.6) is 0 Å². The van der Waals surface area contributed by atoms with E-state index in [2.05, 4.69) is 4.74 Å². The highest BCUT2D eigenvalue weighted by Crippen LogP contribution is 2.34. The molecule has 0 aliphatic heterocycles. The predicted molar refractivity (Wildman–Crippen MR) is 70.7 cm³/mol. The Morgan fingerprint density at radius 3 is 2.61 bits per heavy atom. The van der Waals surface area contributed by atoms with Crippen LogP contribution in [0.4, 0.5) is 0 Å². The van der Waals surface area contributed by atoms with Gasteiger partial charge >= 0.3 is 0 Å². The molecular formula is C14H17ClO3. The molecule has 1 aliphatic carbocycles. The van der Waals surface area contributed by atoms with Crippen molar-refractivity contribution in [2.75, 3.05) is 6.61 Å². The highest BCUT2D eigenvalue weighted by molar-refractivity contribution is 6.31. The van der Waals surface area contributed by atoms with Crippen LogP contribution < -0.4 is 0 Å². The van der Waals surface area contributed by atoms with E-state index in [9.17, 15) is 9.59 Å². The maximum absolute atomic E-state index is 11.5. The molecule has 98 valence electrons. The lowest BCUT2D eigenvalue weighted by atomic mass is 9.97. The third-order valence-electron chi connectivity index (χ3n) is 2.82. The van der Waals surface area contributed by atoms with E-state index in [1.807, 2.05) is 24.3 Å². The third kappa shape index (κ3) is 4.15. The molecule has 0 amide bonds. The Bertz CT molecular complexity index is 404.